The molecule has 0 saturated carbocycles. The number of nitrogens with zero attached hydrogens (tertiary/aromatic N) is 2. The first-order valence-corrected chi connectivity index (χ1v) is 23.4. The van der Waals surface area contributed by atoms with Crippen LogP contribution in [0.15, 0.2) is 0 Å². The zero-order valence-corrected chi connectivity index (χ0v) is 37.9. The molecule has 1 saturated heterocycles. The van der Waals surface area contributed by atoms with Gasteiger partial charge in [0.25, 0.3) is 8.53 Å². The third-order valence-corrected chi connectivity index (χ3v) is 12.2. The fourth-order valence-corrected chi connectivity index (χ4v) is 8.82. The van der Waals surface area contributed by atoms with Crippen LogP contribution in [-0.4, -0.2) is 92.2 Å². The highest BCUT2D eigenvalue weighted by molar-refractivity contribution is 7.44. The zero-order chi connectivity index (χ0) is 42.3. The summed E-state index contributed by atoms with van der Waals surface area (Å²) < 4.78 is 37.6. The fourth-order valence-electron chi connectivity index (χ4n) is 7.20. The van der Waals surface area contributed by atoms with Gasteiger partial charge in [0.1, 0.15) is 6.10 Å². The molecule has 6 atom stereocenters. The molecule has 2 amide bonds. The molecule has 0 spiro atoms. The largest absolute Gasteiger partial charge is 0.458 e. The van der Waals surface area contributed by atoms with Crippen LogP contribution < -0.4 is 10.6 Å². The van der Waals surface area contributed by atoms with Gasteiger partial charge in [-0.2, -0.15) is 5.26 Å². The maximum absolute atomic E-state index is 12.1. The fraction of sp³-hybridized carbons (Fsp3) is 0.907. The lowest BCUT2D eigenvalue weighted by atomic mass is 9.89. The van der Waals surface area contributed by atoms with Gasteiger partial charge >= 0.3 is 18.0 Å². The Bertz CT molecular complexity index is 1090. The first-order chi connectivity index (χ1) is 27.4. The minimum atomic E-state index is -1.18. The van der Waals surface area contributed by atoms with Crippen molar-refractivity contribution < 1.29 is 42.4 Å². The van der Waals surface area contributed by atoms with E-state index in [-0.39, 0.29) is 18.1 Å². The van der Waals surface area contributed by atoms with Crippen molar-refractivity contribution >= 4 is 26.5 Å². The molecule has 1 rings (SSSR count). The number of nitriles is 1. The molecule has 0 radical (unpaired) electrons. The third kappa shape index (κ3) is 25.2. The number of carbonyl (C=O) groups excluding carboxylic acids is 3. The number of rotatable bonds is 34. The van der Waals surface area contributed by atoms with Crippen molar-refractivity contribution in [3.05, 3.63) is 0 Å². The quantitative estimate of drug-likeness (QED) is 0.0361. The number of esters is 2. The average molecular weight is 829 g/mol. The van der Waals surface area contributed by atoms with E-state index in [0.29, 0.717) is 44.9 Å². The van der Waals surface area contributed by atoms with Crippen LogP contribution in [0.25, 0.3) is 0 Å². The number of nitrogens with one attached hydrogen (secondary N) is 2. The number of ether oxygens (including phenoxy) is 4. The van der Waals surface area contributed by atoms with Crippen molar-refractivity contribution in [2.45, 2.75) is 214 Å². The molecule has 57 heavy (non-hydrogen) atoms. The minimum absolute atomic E-state index is 0.0757. The van der Waals surface area contributed by atoms with Crippen LogP contribution in [0.2, 0.25) is 0 Å². The maximum Gasteiger partial charge on any atom is 0.314 e. The molecule has 0 aromatic rings. The highest BCUT2D eigenvalue weighted by Gasteiger charge is 2.47. The summed E-state index contributed by atoms with van der Waals surface area (Å²) in [6.45, 7) is 18.2. The molecule has 1 aliphatic rings. The summed E-state index contributed by atoms with van der Waals surface area (Å²) in [5.74, 6) is -0.974. The third-order valence-electron chi connectivity index (χ3n) is 10.1. The molecular weight excluding hydrogens is 747 g/mol. The van der Waals surface area contributed by atoms with Gasteiger partial charge < -0.3 is 38.6 Å². The van der Waals surface area contributed by atoms with Crippen LogP contribution in [0, 0.1) is 17.2 Å². The Morgan fingerprint density at radius 1 is 0.684 bits per heavy atom. The predicted molar refractivity (Wildman–Crippen MR) is 226 cm³/mol. The van der Waals surface area contributed by atoms with E-state index in [2.05, 4.69) is 49.1 Å². The van der Waals surface area contributed by atoms with E-state index in [4.69, 9.17) is 33.3 Å². The van der Waals surface area contributed by atoms with Crippen molar-refractivity contribution in [2.75, 3.05) is 32.9 Å². The van der Waals surface area contributed by atoms with Crippen molar-refractivity contribution in [1.29, 1.82) is 5.26 Å². The maximum atomic E-state index is 12.1. The second-order valence-electron chi connectivity index (χ2n) is 15.9. The summed E-state index contributed by atoms with van der Waals surface area (Å²) in [7, 11) is -1.18. The van der Waals surface area contributed by atoms with Gasteiger partial charge in [0, 0.05) is 51.5 Å². The van der Waals surface area contributed by atoms with E-state index < -0.39 is 39.0 Å². The van der Waals surface area contributed by atoms with E-state index in [1.165, 1.54) is 65.2 Å². The molecule has 0 bridgehead atoms. The topological polar surface area (TPSA) is 158 Å². The Balaban J connectivity index is 1.99. The monoisotopic (exact) mass is 829 g/mol. The van der Waals surface area contributed by atoms with Gasteiger partial charge in [0.15, 0.2) is 12.4 Å². The van der Waals surface area contributed by atoms with Gasteiger partial charge in [0.2, 0.25) is 0 Å². The van der Waals surface area contributed by atoms with Crippen molar-refractivity contribution in [2.24, 2.45) is 5.92 Å². The van der Waals surface area contributed by atoms with Crippen molar-refractivity contribution in [3.8, 4) is 6.07 Å². The highest BCUT2D eigenvalue weighted by Crippen LogP contribution is 2.46. The zero-order valence-electron chi connectivity index (χ0n) is 37.0. The van der Waals surface area contributed by atoms with Crippen LogP contribution >= 0.6 is 8.53 Å². The summed E-state index contributed by atoms with van der Waals surface area (Å²) in [6.07, 6.45) is 18.1. The highest BCUT2D eigenvalue weighted by atomic mass is 31.2. The number of amides is 2. The Hall–Kier alpha value is -2.07. The molecule has 0 aromatic heterocycles. The summed E-state index contributed by atoms with van der Waals surface area (Å²) in [4.78, 5) is 35.7. The van der Waals surface area contributed by atoms with E-state index in [0.717, 1.165) is 70.8 Å². The first kappa shape index (κ1) is 52.9. The Kier molecular flexibility index (Phi) is 31.3. The van der Waals surface area contributed by atoms with E-state index in [9.17, 15) is 14.4 Å². The Morgan fingerprint density at radius 2 is 1.12 bits per heavy atom. The lowest BCUT2D eigenvalue weighted by molar-refractivity contribution is -0.290. The van der Waals surface area contributed by atoms with Gasteiger partial charge in [-0.25, -0.2) is 9.46 Å². The van der Waals surface area contributed by atoms with Gasteiger partial charge in [-0.05, 0) is 59.8 Å². The molecule has 1 unspecified atom stereocenters. The predicted octanol–water partition coefficient (Wildman–Crippen LogP) is 9.86. The standard InChI is InChI=1S/C43H81N4O9P/c1-9-39-36(6)40(54-37(7)48)41(55-38(8)49)42(56-39)51-31-25-21-18-16-14-12-10-11-13-15-17-19-23-29-45-43(50)46-30-24-20-22-26-32-52-57(53-33-27-28-44)47(34(2)3)35(4)5/h34-36,39-42H,9-27,29-33H2,1-8H3,(H2,45,46,50)/t36-,39-,40+,41-,42-,57?/m1/s1. The van der Waals surface area contributed by atoms with Crippen LogP contribution in [-0.2, 0) is 37.6 Å². The Labute approximate surface area is 347 Å². The Morgan fingerprint density at radius 3 is 1.58 bits per heavy atom. The SMILES string of the molecule is CC[C@H]1O[C@@H](OCCCCCCCCCCCCCCCNC(=O)NCCCCCCOP(OCCC#N)N(C(C)C)C(C)C)[C@H](OC(C)=O)[C@@H](OC(C)=O)[C@@H]1C. The van der Waals surface area contributed by atoms with Gasteiger partial charge in [-0.1, -0.05) is 97.3 Å². The lowest BCUT2D eigenvalue weighted by Gasteiger charge is -2.43. The molecule has 1 heterocycles. The molecule has 1 fully saturated rings. The second kappa shape index (κ2) is 33.7. The number of hydrogen-bond donors (Lipinski definition) is 2. The summed E-state index contributed by atoms with van der Waals surface area (Å²) in [5.41, 5.74) is 0. The number of carbonyl (C=O) groups is 3. The van der Waals surface area contributed by atoms with Crippen molar-refractivity contribution in [3.63, 3.8) is 0 Å². The molecule has 332 valence electrons. The normalized spacial score (nSPS) is 20.1. The molecule has 2 N–H and O–H groups in total. The van der Waals surface area contributed by atoms with E-state index in [1.54, 1.807) is 0 Å². The summed E-state index contributed by atoms with van der Waals surface area (Å²) in [6, 6.07) is 2.66. The molecule has 13 nitrogen and oxygen atoms in total. The minimum Gasteiger partial charge on any atom is -0.458 e. The molecule has 1 aliphatic heterocycles. The summed E-state index contributed by atoms with van der Waals surface area (Å²) >= 11 is 0. The summed E-state index contributed by atoms with van der Waals surface area (Å²) in [5, 5.41) is 14.8. The molecule has 0 aliphatic carbocycles. The van der Waals surface area contributed by atoms with Gasteiger partial charge in [-0.3, -0.25) is 9.59 Å². The second-order valence-corrected chi connectivity index (χ2v) is 17.4. The molecule has 0 aromatic carbocycles. The average Bonchev–Trinajstić information content (AvgIpc) is 3.15. The molecular formula is C43H81N4O9P. The van der Waals surface area contributed by atoms with Gasteiger partial charge in [0.05, 0.1) is 31.8 Å². The van der Waals surface area contributed by atoms with Crippen molar-refractivity contribution in [1.82, 2.24) is 15.3 Å². The lowest BCUT2D eigenvalue weighted by Crippen LogP contribution is -2.57. The van der Waals surface area contributed by atoms with Gasteiger partial charge in [-0.15, -0.1) is 0 Å². The van der Waals surface area contributed by atoms with Crippen LogP contribution in [0.1, 0.15) is 177 Å². The van der Waals surface area contributed by atoms with Crippen LogP contribution in [0.3, 0.4) is 0 Å². The van der Waals surface area contributed by atoms with E-state index >= 15 is 0 Å². The van der Waals surface area contributed by atoms with E-state index in [1.807, 2.05) is 13.8 Å². The van der Waals surface area contributed by atoms with Crippen LogP contribution in [0.5, 0.6) is 0 Å². The molecule has 14 heteroatoms. The smallest absolute Gasteiger partial charge is 0.314 e. The number of unbranched alkanes of at least 4 members (excludes halogenated alkanes) is 15. The number of urea groups is 1. The number of hydrogen-bond acceptors (Lipinski definition) is 11. The van der Waals surface area contributed by atoms with Crippen LogP contribution in [0.4, 0.5) is 4.79 Å². The first-order valence-electron chi connectivity index (χ1n) is 22.3.